The first-order valence-electron chi connectivity index (χ1n) is 6.43. The molecule has 0 saturated heterocycles. The summed E-state index contributed by atoms with van der Waals surface area (Å²) in [4.78, 5) is 19.7. The van der Waals surface area contributed by atoms with E-state index < -0.39 is 5.97 Å². The fourth-order valence-electron chi connectivity index (χ4n) is 2.01. The summed E-state index contributed by atoms with van der Waals surface area (Å²) in [6.07, 6.45) is 2.58. The summed E-state index contributed by atoms with van der Waals surface area (Å²) < 4.78 is 5.46. The summed E-state index contributed by atoms with van der Waals surface area (Å²) in [5.74, 6) is -0.442. The molecule has 0 bridgehead atoms. The van der Waals surface area contributed by atoms with Crippen molar-refractivity contribution in [2.24, 2.45) is 5.41 Å². The van der Waals surface area contributed by atoms with Crippen LogP contribution in [0.2, 0.25) is 0 Å². The first-order chi connectivity index (χ1) is 8.81. The number of ether oxygens (including phenoxy) is 1. The van der Waals surface area contributed by atoms with Gasteiger partial charge in [0.2, 0.25) is 0 Å². The normalized spacial score (nSPS) is 13.3. The van der Waals surface area contributed by atoms with Crippen LogP contribution in [-0.4, -0.2) is 28.2 Å². The van der Waals surface area contributed by atoms with E-state index in [1.54, 1.807) is 7.11 Å². The van der Waals surface area contributed by atoms with Crippen molar-refractivity contribution >= 4 is 5.97 Å². The third kappa shape index (κ3) is 3.73. The minimum absolute atomic E-state index is 0.150. The lowest BCUT2D eigenvalue weighted by Gasteiger charge is -2.28. The van der Waals surface area contributed by atoms with Gasteiger partial charge in [0.1, 0.15) is 6.10 Å². The third-order valence-corrected chi connectivity index (χ3v) is 2.86. The van der Waals surface area contributed by atoms with Crippen LogP contribution in [0.25, 0.3) is 0 Å². The van der Waals surface area contributed by atoms with Crippen LogP contribution in [0.4, 0.5) is 0 Å². The average Bonchev–Trinajstić information content (AvgIpc) is 2.28. The van der Waals surface area contributed by atoms with Crippen molar-refractivity contribution in [2.75, 3.05) is 7.11 Å². The van der Waals surface area contributed by atoms with Crippen LogP contribution in [0.3, 0.4) is 0 Å². The SMILES string of the molecule is CCCc1nc(C(OC)C(C)(C)C)ncc1C(=O)O. The molecule has 5 nitrogen and oxygen atoms in total. The predicted molar refractivity (Wildman–Crippen MR) is 72.2 cm³/mol. The molecule has 1 heterocycles. The van der Waals surface area contributed by atoms with Crippen LogP contribution < -0.4 is 0 Å². The molecule has 0 aliphatic carbocycles. The average molecular weight is 266 g/mol. The van der Waals surface area contributed by atoms with Crippen LogP contribution >= 0.6 is 0 Å². The second-order valence-corrected chi connectivity index (χ2v) is 5.63. The molecule has 1 atom stereocenters. The number of nitrogens with zero attached hydrogens (tertiary/aromatic N) is 2. The largest absolute Gasteiger partial charge is 0.478 e. The van der Waals surface area contributed by atoms with Gasteiger partial charge in [0.05, 0.1) is 11.3 Å². The van der Waals surface area contributed by atoms with E-state index in [1.165, 1.54) is 6.20 Å². The van der Waals surface area contributed by atoms with Crippen LogP contribution in [0.5, 0.6) is 0 Å². The lowest BCUT2D eigenvalue weighted by atomic mass is 9.88. The Balaban J connectivity index is 3.24. The van der Waals surface area contributed by atoms with Gasteiger partial charge in [-0.25, -0.2) is 14.8 Å². The maximum atomic E-state index is 11.1. The van der Waals surface area contributed by atoms with Gasteiger partial charge in [-0.2, -0.15) is 0 Å². The number of aryl methyl sites for hydroxylation is 1. The van der Waals surface area contributed by atoms with E-state index in [0.29, 0.717) is 17.9 Å². The Labute approximate surface area is 114 Å². The van der Waals surface area contributed by atoms with E-state index in [-0.39, 0.29) is 17.1 Å². The molecule has 0 fully saturated rings. The number of carboxylic acids is 1. The lowest BCUT2D eigenvalue weighted by molar-refractivity contribution is 0.00843. The molecule has 0 spiro atoms. The van der Waals surface area contributed by atoms with Crippen LogP contribution in [0, 0.1) is 5.41 Å². The Bertz CT molecular complexity index is 452. The lowest BCUT2D eigenvalue weighted by Crippen LogP contribution is -2.23. The van der Waals surface area contributed by atoms with Crippen LogP contribution in [0.15, 0.2) is 6.20 Å². The Morgan fingerprint density at radius 2 is 2.11 bits per heavy atom. The number of aromatic carboxylic acids is 1. The van der Waals surface area contributed by atoms with Crippen LogP contribution in [0.1, 0.15) is 62.1 Å². The minimum atomic E-state index is -0.986. The summed E-state index contributed by atoms with van der Waals surface area (Å²) in [6.45, 7) is 8.10. The van der Waals surface area contributed by atoms with Crippen molar-refractivity contribution in [1.82, 2.24) is 9.97 Å². The fraction of sp³-hybridized carbons (Fsp3) is 0.643. The zero-order valence-corrected chi connectivity index (χ0v) is 12.2. The van der Waals surface area contributed by atoms with E-state index in [4.69, 9.17) is 9.84 Å². The van der Waals surface area contributed by atoms with E-state index >= 15 is 0 Å². The molecule has 1 aromatic rings. The maximum Gasteiger partial charge on any atom is 0.339 e. The van der Waals surface area contributed by atoms with Gasteiger partial charge in [-0.15, -0.1) is 0 Å². The minimum Gasteiger partial charge on any atom is -0.478 e. The third-order valence-electron chi connectivity index (χ3n) is 2.86. The van der Waals surface area contributed by atoms with Gasteiger partial charge in [-0.05, 0) is 11.8 Å². The highest BCUT2D eigenvalue weighted by atomic mass is 16.5. The molecule has 1 unspecified atom stereocenters. The standard InChI is InChI=1S/C14H22N2O3/c1-6-7-10-9(13(17)18)8-15-12(16-10)11(19-5)14(2,3)4/h8,11H,6-7H2,1-5H3,(H,17,18). The van der Waals surface area contributed by atoms with Gasteiger partial charge in [0.25, 0.3) is 0 Å². The number of methoxy groups -OCH3 is 1. The summed E-state index contributed by atoms with van der Waals surface area (Å²) in [7, 11) is 1.61. The van der Waals surface area contributed by atoms with Gasteiger partial charge in [0, 0.05) is 13.3 Å². The molecule has 0 aliphatic heterocycles. The Kier molecular flexibility index (Phi) is 5.00. The van der Waals surface area contributed by atoms with E-state index in [2.05, 4.69) is 9.97 Å². The van der Waals surface area contributed by atoms with E-state index in [0.717, 1.165) is 6.42 Å². The van der Waals surface area contributed by atoms with Gasteiger partial charge in [-0.1, -0.05) is 34.1 Å². The first-order valence-corrected chi connectivity index (χ1v) is 6.43. The number of aromatic nitrogens is 2. The molecule has 1 N–H and O–H groups in total. The molecule has 19 heavy (non-hydrogen) atoms. The van der Waals surface area contributed by atoms with Crippen molar-refractivity contribution in [3.05, 3.63) is 23.3 Å². The topological polar surface area (TPSA) is 72.3 Å². The van der Waals surface area contributed by atoms with E-state index in [9.17, 15) is 4.79 Å². The van der Waals surface area contributed by atoms with Gasteiger partial charge in [0.15, 0.2) is 5.82 Å². The fourth-order valence-corrected chi connectivity index (χ4v) is 2.01. The molecular weight excluding hydrogens is 244 g/mol. The summed E-state index contributed by atoms with van der Waals surface area (Å²) in [6, 6.07) is 0. The molecule has 106 valence electrons. The molecule has 0 saturated carbocycles. The monoisotopic (exact) mass is 266 g/mol. The first kappa shape index (κ1) is 15.6. The van der Waals surface area contributed by atoms with E-state index in [1.807, 2.05) is 27.7 Å². The molecule has 1 aromatic heterocycles. The van der Waals surface area contributed by atoms with Crippen LogP contribution in [-0.2, 0) is 11.2 Å². The summed E-state index contributed by atoms with van der Waals surface area (Å²) in [5.41, 5.74) is 0.601. The number of carbonyl (C=O) groups is 1. The predicted octanol–water partition coefficient (Wildman–Crippen LogP) is 2.86. The molecule has 1 rings (SSSR count). The highest BCUT2D eigenvalue weighted by Gasteiger charge is 2.29. The quantitative estimate of drug-likeness (QED) is 0.887. The number of carboxylic acid groups (broad SMARTS) is 1. The van der Waals surface area contributed by atoms with Crippen molar-refractivity contribution in [3.8, 4) is 0 Å². The van der Waals surface area contributed by atoms with Crippen molar-refractivity contribution < 1.29 is 14.6 Å². The Morgan fingerprint density at radius 1 is 1.47 bits per heavy atom. The van der Waals surface area contributed by atoms with Crippen molar-refractivity contribution in [1.29, 1.82) is 0 Å². The molecule has 0 aromatic carbocycles. The second kappa shape index (κ2) is 6.10. The number of rotatable bonds is 5. The highest BCUT2D eigenvalue weighted by molar-refractivity contribution is 5.88. The Morgan fingerprint density at radius 3 is 2.53 bits per heavy atom. The maximum absolute atomic E-state index is 11.1. The number of hydrogen-bond donors (Lipinski definition) is 1. The van der Waals surface area contributed by atoms with Crippen molar-refractivity contribution in [3.63, 3.8) is 0 Å². The molecule has 0 aliphatic rings. The zero-order chi connectivity index (χ0) is 14.6. The molecule has 5 heteroatoms. The number of hydrogen-bond acceptors (Lipinski definition) is 4. The van der Waals surface area contributed by atoms with Gasteiger partial charge >= 0.3 is 5.97 Å². The smallest absolute Gasteiger partial charge is 0.339 e. The van der Waals surface area contributed by atoms with Gasteiger partial charge < -0.3 is 9.84 Å². The summed E-state index contributed by atoms with van der Waals surface area (Å²) in [5, 5.41) is 9.13. The molecule has 0 radical (unpaired) electrons. The molecular formula is C14H22N2O3. The zero-order valence-electron chi connectivity index (χ0n) is 12.2. The Hall–Kier alpha value is -1.49. The second-order valence-electron chi connectivity index (χ2n) is 5.63. The van der Waals surface area contributed by atoms with Crippen molar-refractivity contribution in [2.45, 2.75) is 46.6 Å². The highest BCUT2D eigenvalue weighted by Crippen LogP contribution is 2.33. The molecule has 0 amide bonds. The summed E-state index contributed by atoms with van der Waals surface area (Å²) >= 11 is 0. The van der Waals surface area contributed by atoms with Gasteiger partial charge in [-0.3, -0.25) is 0 Å².